The zero-order valence-electron chi connectivity index (χ0n) is 16.1. The van der Waals surface area contributed by atoms with Crippen LogP contribution in [0.5, 0.6) is 0 Å². The molecule has 1 fully saturated rings. The van der Waals surface area contributed by atoms with Gasteiger partial charge < -0.3 is 5.43 Å². The van der Waals surface area contributed by atoms with E-state index in [1.54, 1.807) is 0 Å². The van der Waals surface area contributed by atoms with E-state index in [1.807, 2.05) is 6.07 Å². The van der Waals surface area contributed by atoms with Crippen LogP contribution in [0.25, 0.3) is 11.3 Å². The van der Waals surface area contributed by atoms with E-state index in [0.717, 1.165) is 23.8 Å². The fourth-order valence-corrected chi connectivity index (χ4v) is 5.18. The van der Waals surface area contributed by atoms with Crippen LogP contribution in [-0.4, -0.2) is 9.97 Å². The van der Waals surface area contributed by atoms with Gasteiger partial charge in [-0.05, 0) is 30.4 Å². The van der Waals surface area contributed by atoms with Gasteiger partial charge in [0.2, 0.25) is 0 Å². The summed E-state index contributed by atoms with van der Waals surface area (Å²) in [6, 6.07) is 19.1. The number of anilines is 1. The number of fused-ring (bicyclic) bond motifs is 4. The number of rotatable bonds is 3. The van der Waals surface area contributed by atoms with Crippen LogP contribution in [0.15, 0.2) is 54.6 Å². The Morgan fingerprint density at radius 2 is 1.64 bits per heavy atom. The first-order valence-electron chi connectivity index (χ1n) is 10.3. The van der Waals surface area contributed by atoms with E-state index in [-0.39, 0.29) is 5.41 Å². The first-order chi connectivity index (χ1) is 13.8. The normalized spacial score (nSPS) is 17.0. The van der Waals surface area contributed by atoms with Gasteiger partial charge in [0.25, 0.3) is 0 Å². The first kappa shape index (κ1) is 17.4. The van der Waals surface area contributed by atoms with E-state index in [1.165, 1.54) is 54.4 Å². The highest BCUT2D eigenvalue weighted by atomic mass is 15.3. The molecule has 0 aliphatic heterocycles. The second-order valence-electron chi connectivity index (χ2n) is 8.19. The summed E-state index contributed by atoms with van der Waals surface area (Å²) < 4.78 is 0. The Morgan fingerprint density at radius 1 is 0.893 bits per heavy atom. The molecule has 0 radical (unpaired) electrons. The van der Waals surface area contributed by atoms with Gasteiger partial charge in [0, 0.05) is 23.0 Å². The average molecular weight is 371 g/mol. The van der Waals surface area contributed by atoms with Gasteiger partial charge in [0.15, 0.2) is 0 Å². The van der Waals surface area contributed by atoms with Crippen LogP contribution >= 0.6 is 0 Å². The molecule has 0 saturated heterocycles. The van der Waals surface area contributed by atoms with Crippen LogP contribution < -0.4 is 11.3 Å². The van der Waals surface area contributed by atoms with Crippen LogP contribution in [0.3, 0.4) is 0 Å². The zero-order chi connectivity index (χ0) is 19.0. The summed E-state index contributed by atoms with van der Waals surface area (Å²) >= 11 is 0. The molecular formula is C24H26N4. The van der Waals surface area contributed by atoms with Crippen LogP contribution in [0.1, 0.15) is 54.6 Å². The maximum Gasteiger partial charge on any atom is 0.148 e. The van der Waals surface area contributed by atoms with Crippen molar-refractivity contribution in [1.29, 1.82) is 0 Å². The molecule has 2 aliphatic rings. The summed E-state index contributed by atoms with van der Waals surface area (Å²) in [5.74, 6) is 7.64. The van der Waals surface area contributed by atoms with Gasteiger partial charge in [-0.2, -0.15) is 0 Å². The molecule has 1 spiro atoms. The summed E-state index contributed by atoms with van der Waals surface area (Å²) in [6.07, 6.45) is 7.98. The maximum absolute atomic E-state index is 6.01. The molecule has 1 saturated carbocycles. The van der Waals surface area contributed by atoms with E-state index in [2.05, 4.69) is 54.0 Å². The molecular weight excluding hydrogens is 344 g/mol. The minimum Gasteiger partial charge on any atom is -0.308 e. The molecule has 4 heteroatoms. The Morgan fingerprint density at radius 3 is 2.43 bits per heavy atom. The second kappa shape index (κ2) is 7.02. The third-order valence-electron chi connectivity index (χ3n) is 6.44. The van der Waals surface area contributed by atoms with Crippen molar-refractivity contribution in [2.45, 2.75) is 50.4 Å². The van der Waals surface area contributed by atoms with E-state index in [0.29, 0.717) is 6.42 Å². The van der Waals surface area contributed by atoms with Crippen molar-refractivity contribution in [2.75, 3.05) is 5.43 Å². The number of nitrogens with two attached hydrogens (primary N) is 1. The van der Waals surface area contributed by atoms with Gasteiger partial charge in [0.05, 0.1) is 5.69 Å². The van der Waals surface area contributed by atoms with Crippen molar-refractivity contribution in [3.8, 4) is 11.3 Å². The Kier molecular flexibility index (Phi) is 4.36. The Hall–Kier alpha value is -2.72. The SMILES string of the molecule is NNc1nc(Cc2ccccc2)nc2c1C1(CCCCC1)Cc1ccccc1-2. The highest BCUT2D eigenvalue weighted by Gasteiger charge is 2.42. The van der Waals surface area contributed by atoms with Gasteiger partial charge in [0.1, 0.15) is 11.6 Å². The van der Waals surface area contributed by atoms with E-state index < -0.39 is 0 Å². The summed E-state index contributed by atoms with van der Waals surface area (Å²) in [4.78, 5) is 9.98. The topological polar surface area (TPSA) is 63.8 Å². The van der Waals surface area contributed by atoms with Crippen LogP contribution in [0, 0.1) is 0 Å². The van der Waals surface area contributed by atoms with Crippen LogP contribution in [0.2, 0.25) is 0 Å². The summed E-state index contributed by atoms with van der Waals surface area (Å²) in [5, 5.41) is 0. The van der Waals surface area contributed by atoms with Crippen molar-refractivity contribution < 1.29 is 0 Å². The quantitative estimate of drug-likeness (QED) is 0.514. The van der Waals surface area contributed by atoms with Crippen LogP contribution in [0.4, 0.5) is 5.82 Å². The summed E-state index contributed by atoms with van der Waals surface area (Å²) in [5.41, 5.74) is 9.22. The molecule has 4 nitrogen and oxygen atoms in total. The average Bonchev–Trinajstić information content (AvgIpc) is 2.74. The lowest BCUT2D eigenvalue weighted by atomic mass is 9.62. The van der Waals surface area contributed by atoms with E-state index in [4.69, 9.17) is 15.8 Å². The molecule has 0 unspecified atom stereocenters. The predicted octanol–water partition coefficient (Wildman–Crippen LogP) is 4.78. The van der Waals surface area contributed by atoms with Crippen molar-refractivity contribution in [1.82, 2.24) is 9.97 Å². The molecule has 0 atom stereocenters. The molecule has 2 aliphatic carbocycles. The predicted molar refractivity (Wildman–Crippen MR) is 113 cm³/mol. The highest BCUT2D eigenvalue weighted by Crippen LogP contribution is 2.51. The number of nitrogens with zero attached hydrogens (tertiary/aromatic N) is 2. The third kappa shape index (κ3) is 2.89. The fraction of sp³-hybridized carbons (Fsp3) is 0.333. The minimum atomic E-state index is 0.106. The molecule has 0 bridgehead atoms. The minimum absolute atomic E-state index is 0.106. The lowest BCUT2D eigenvalue weighted by Gasteiger charge is -2.43. The van der Waals surface area contributed by atoms with Crippen molar-refractivity contribution >= 4 is 5.82 Å². The fourth-order valence-electron chi connectivity index (χ4n) is 5.18. The Labute approximate surface area is 166 Å². The highest BCUT2D eigenvalue weighted by molar-refractivity contribution is 5.76. The molecule has 142 valence electrons. The first-order valence-corrected chi connectivity index (χ1v) is 10.3. The smallest absolute Gasteiger partial charge is 0.148 e. The molecule has 3 N–H and O–H groups in total. The molecule has 0 amide bonds. The van der Waals surface area contributed by atoms with Crippen molar-refractivity contribution in [3.05, 3.63) is 77.1 Å². The summed E-state index contributed by atoms with van der Waals surface area (Å²) in [6.45, 7) is 0. The lowest BCUT2D eigenvalue weighted by Crippen LogP contribution is -2.37. The number of benzene rings is 2. The van der Waals surface area contributed by atoms with Gasteiger partial charge in [-0.1, -0.05) is 73.9 Å². The number of hydrogen-bond acceptors (Lipinski definition) is 4. The zero-order valence-corrected chi connectivity index (χ0v) is 16.1. The second-order valence-corrected chi connectivity index (χ2v) is 8.19. The summed E-state index contributed by atoms with van der Waals surface area (Å²) in [7, 11) is 0. The lowest BCUT2D eigenvalue weighted by molar-refractivity contribution is 0.288. The van der Waals surface area contributed by atoms with Crippen LogP contribution in [-0.2, 0) is 18.3 Å². The number of hydrogen-bond donors (Lipinski definition) is 2. The monoisotopic (exact) mass is 370 g/mol. The van der Waals surface area contributed by atoms with E-state index >= 15 is 0 Å². The number of nitrogens with one attached hydrogen (secondary N) is 1. The third-order valence-corrected chi connectivity index (χ3v) is 6.44. The number of hydrazine groups is 1. The van der Waals surface area contributed by atoms with Crippen molar-refractivity contribution in [3.63, 3.8) is 0 Å². The largest absolute Gasteiger partial charge is 0.308 e. The van der Waals surface area contributed by atoms with Gasteiger partial charge >= 0.3 is 0 Å². The van der Waals surface area contributed by atoms with E-state index in [9.17, 15) is 0 Å². The molecule has 28 heavy (non-hydrogen) atoms. The number of nitrogen functional groups attached to an aromatic ring is 1. The maximum atomic E-state index is 6.01. The number of aromatic nitrogens is 2. The Balaban J connectivity index is 1.69. The Bertz CT molecular complexity index is 991. The standard InChI is InChI=1S/C24H26N4/c25-28-23-21-22(26-20(27-23)15-17-9-3-1-4-10-17)19-12-6-5-11-18(19)16-24(21)13-7-2-8-14-24/h1,3-6,9-12H,2,7-8,13-16,25H2,(H,26,27,28). The van der Waals surface area contributed by atoms with Gasteiger partial charge in [-0.15, -0.1) is 0 Å². The molecule has 5 rings (SSSR count). The molecule has 1 heterocycles. The molecule has 1 aromatic heterocycles. The molecule has 2 aromatic carbocycles. The molecule has 3 aromatic rings. The van der Waals surface area contributed by atoms with Gasteiger partial charge in [-0.25, -0.2) is 15.8 Å². The van der Waals surface area contributed by atoms with Gasteiger partial charge in [-0.3, -0.25) is 0 Å². The van der Waals surface area contributed by atoms with Crippen molar-refractivity contribution in [2.24, 2.45) is 5.84 Å².